The Morgan fingerprint density at radius 3 is 1.79 bits per heavy atom. The molecule has 0 saturated carbocycles. The summed E-state index contributed by atoms with van der Waals surface area (Å²) in [5.74, 6) is 0. The van der Waals surface area contributed by atoms with Gasteiger partial charge in [0.25, 0.3) is 0 Å². The second-order valence-electron chi connectivity index (χ2n) is 11.0. The van der Waals surface area contributed by atoms with Gasteiger partial charge in [0.1, 0.15) is 0 Å². The Hall–Kier alpha value is -3.66. The first-order valence-electron chi connectivity index (χ1n) is 13.9. The summed E-state index contributed by atoms with van der Waals surface area (Å²) < 4.78 is 12.5. The van der Waals surface area contributed by atoms with E-state index in [2.05, 4.69) is 120 Å². The monoisotopic (exact) mass is 514 g/mol. The number of hydrogen-bond acceptors (Lipinski definition) is 2. The molecule has 1 fully saturated rings. The van der Waals surface area contributed by atoms with E-state index in [0.29, 0.717) is 0 Å². The van der Waals surface area contributed by atoms with Crippen LogP contribution in [-0.2, 0) is 9.31 Å². The van der Waals surface area contributed by atoms with Crippen LogP contribution in [0.4, 0.5) is 0 Å². The van der Waals surface area contributed by atoms with E-state index in [9.17, 15) is 0 Å². The number of hydrogen-bond donors (Lipinski definition) is 0. The minimum absolute atomic E-state index is 0. The van der Waals surface area contributed by atoms with Crippen molar-refractivity contribution in [3.63, 3.8) is 0 Å². The highest BCUT2D eigenvalue weighted by atomic mass is 16.7. The summed E-state index contributed by atoms with van der Waals surface area (Å²) in [5, 5.41) is 7.22. The van der Waals surface area contributed by atoms with Gasteiger partial charge >= 0.3 is 7.12 Å². The molecule has 1 heterocycles. The van der Waals surface area contributed by atoms with Gasteiger partial charge in [-0.3, -0.25) is 0 Å². The second-order valence-corrected chi connectivity index (χ2v) is 11.0. The minimum atomic E-state index is -0.360. The second kappa shape index (κ2) is 10.1. The molecule has 198 valence electrons. The summed E-state index contributed by atoms with van der Waals surface area (Å²) in [6, 6.07) is 28.4. The fourth-order valence-electron chi connectivity index (χ4n) is 5.43. The van der Waals surface area contributed by atoms with Crippen LogP contribution in [0.25, 0.3) is 55.6 Å². The van der Waals surface area contributed by atoms with Crippen LogP contribution in [0.1, 0.15) is 54.1 Å². The quantitative estimate of drug-likeness (QED) is 0.176. The van der Waals surface area contributed by atoms with Crippen molar-refractivity contribution in [2.75, 3.05) is 0 Å². The van der Waals surface area contributed by atoms with Crippen molar-refractivity contribution in [3.8, 4) is 11.1 Å². The van der Waals surface area contributed by atoms with Gasteiger partial charge in [0.05, 0.1) is 11.2 Å². The van der Waals surface area contributed by atoms with Gasteiger partial charge in [0, 0.05) is 1.43 Å². The zero-order chi connectivity index (χ0) is 27.9. The molecule has 1 aliphatic heterocycles. The van der Waals surface area contributed by atoms with Crippen LogP contribution in [-0.4, -0.2) is 18.3 Å². The zero-order valence-electron chi connectivity index (χ0n) is 24.0. The molecular weight excluding hydrogens is 475 g/mol. The molecule has 39 heavy (non-hydrogen) atoms. The average molecular weight is 515 g/mol. The molecule has 2 nitrogen and oxygen atoms in total. The lowest BCUT2D eigenvalue weighted by molar-refractivity contribution is 0.00578. The van der Waals surface area contributed by atoms with Crippen LogP contribution in [0.15, 0.2) is 92.0 Å². The van der Waals surface area contributed by atoms with Gasteiger partial charge < -0.3 is 9.31 Å². The molecule has 3 heteroatoms. The summed E-state index contributed by atoms with van der Waals surface area (Å²) in [6.45, 7) is 20.6. The lowest BCUT2D eigenvalue weighted by Crippen LogP contribution is -2.41. The summed E-state index contributed by atoms with van der Waals surface area (Å²) in [6.07, 6.45) is 3.90. The lowest BCUT2D eigenvalue weighted by Gasteiger charge is -2.32. The summed E-state index contributed by atoms with van der Waals surface area (Å²) in [4.78, 5) is 0. The predicted octanol–water partition coefficient (Wildman–Crippen LogP) is 9.67. The number of benzene rings is 5. The Labute approximate surface area is 234 Å². The van der Waals surface area contributed by atoms with E-state index in [4.69, 9.17) is 9.31 Å². The van der Waals surface area contributed by atoms with E-state index in [1.165, 1.54) is 43.4 Å². The van der Waals surface area contributed by atoms with Crippen LogP contribution in [0.5, 0.6) is 0 Å². The topological polar surface area (TPSA) is 18.5 Å². The molecule has 0 aromatic heterocycles. The van der Waals surface area contributed by atoms with Gasteiger partial charge in [-0.1, -0.05) is 106 Å². The van der Waals surface area contributed by atoms with Crippen molar-refractivity contribution < 1.29 is 10.7 Å². The Bertz CT molecular complexity index is 1720. The Kier molecular flexibility index (Phi) is 7.01. The maximum Gasteiger partial charge on any atom is 0.494 e. The first-order chi connectivity index (χ1) is 18.7. The molecule has 6 rings (SSSR count). The number of rotatable bonds is 4. The third kappa shape index (κ3) is 4.50. The lowest BCUT2D eigenvalue weighted by atomic mass is 9.78. The average Bonchev–Trinajstić information content (AvgIpc) is 3.18. The molecule has 1 saturated heterocycles. The van der Waals surface area contributed by atoms with Crippen molar-refractivity contribution >= 4 is 57.1 Å². The van der Waals surface area contributed by atoms with Crippen LogP contribution >= 0.6 is 0 Å². The van der Waals surface area contributed by atoms with Crippen LogP contribution in [0.3, 0.4) is 0 Å². The van der Waals surface area contributed by atoms with Crippen molar-refractivity contribution in [3.05, 3.63) is 103 Å². The van der Waals surface area contributed by atoms with Crippen LogP contribution < -0.4 is 5.46 Å². The molecule has 0 unspecified atom stereocenters. The molecule has 0 aliphatic carbocycles. The molecular formula is C36H39BO2. The third-order valence-corrected chi connectivity index (χ3v) is 8.24. The van der Waals surface area contributed by atoms with E-state index >= 15 is 0 Å². The number of fused-ring (bicyclic) bond motifs is 4. The highest BCUT2D eigenvalue weighted by Crippen LogP contribution is 2.38. The van der Waals surface area contributed by atoms with Crippen LogP contribution in [0, 0.1) is 0 Å². The van der Waals surface area contributed by atoms with Crippen molar-refractivity contribution in [2.24, 2.45) is 0 Å². The van der Waals surface area contributed by atoms with Gasteiger partial charge in [-0.25, -0.2) is 0 Å². The van der Waals surface area contributed by atoms with Crippen molar-refractivity contribution in [2.45, 2.75) is 52.7 Å². The van der Waals surface area contributed by atoms with Gasteiger partial charge in [-0.05, 0) is 99.9 Å². The van der Waals surface area contributed by atoms with Gasteiger partial charge in [-0.15, -0.1) is 0 Å². The molecule has 0 bridgehead atoms. The Balaban J connectivity index is 0.00000121. The standard InChI is InChI=1S/C34H31BO2.C2H6.H2/c1-7-27-28(8-2)32-21-25(16-18-31(32)30-12-10-9-11-29(27)30)22-13-14-24-20-26(17-15-23(24)19-22)35-36-33(3,4)34(5,6)37-35;1-2;/h7-21H,1-2H2,3-6H3;1-2H3;1H. The van der Waals surface area contributed by atoms with Gasteiger partial charge in [0.2, 0.25) is 0 Å². The smallest absolute Gasteiger partial charge is 0.399 e. The van der Waals surface area contributed by atoms with E-state index in [0.717, 1.165) is 16.6 Å². The minimum Gasteiger partial charge on any atom is -0.399 e. The van der Waals surface area contributed by atoms with Gasteiger partial charge in [0.15, 0.2) is 0 Å². The molecule has 5 aromatic rings. The first-order valence-corrected chi connectivity index (χ1v) is 13.9. The Morgan fingerprint density at radius 2 is 1.13 bits per heavy atom. The Morgan fingerprint density at radius 1 is 0.615 bits per heavy atom. The van der Waals surface area contributed by atoms with Crippen LogP contribution in [0.2, 0.25) is 0 Å². The SMILES string of the molecule is C=Cc1c(C=C)c2cc(-c3ccc4cc(B5OC(C)(C)C(C)(C)O5)ccc4c3)ccc2c2ccccc12.CC.[HH]. The summed E-state index contributed by atoms with van der Waals surface area (Å²) in [7, 11) is -0.360. The van der Waals surface area contributed by atoms with Crippen molar-refractivity contribution in [1.29, 1.82) is 0 Å². The van der Waals surface area contributed by atoms with E-state index in [1.807, 2.05) is 26.0 Å². The summed E-state index contributed by atoms with van der Waals surface area (Å²) in [5.41, 5.74) is 4.95. The normalized spacial score (nSPS) is 15.8. The van der Waals surface area contributed by atoms with E-state index in [-0.39, 0.29) is 19.7 Å². The maximum atomic E-state index is 6.27. The highest BCUT2D eigenvalue weighted by molar-refractivity contribution is 6.62. The molecule has 0 radical (unpaired) electrons. The zero-order valence-corrected chi connectivity index (χ0v) is 24.0. The molecule has 0 atom stereocenters. The predicted molar refractivity (Wildman–Crippen MR) is 174 cm³/mol. The molecule has 1 aliphatic rings. The molecule has 5 aromatic carbocycles. The summed E-state index contributed by atoms with van der Waals surface area (Å²) >= 11 is 0. The van der Waals surface area contributed by atoms with E-state index < -0.39 is 0 Å². The molecule has 0 spiro atoms. The van der Waals surface area contributed by atoms with Crippen molar-refractivity contribution in [1.82, 2.24) is 0 Å². The first kappa shape index (κ1) is 26.9. The fourth-order valence-corrected chi connectivity index (χ4v) is 5.43. The fraction of sp³-hybridized carbons (Fsp3) is 0.222. The highest BCUT2D eigenvalue weighted by Gasteiger charge is 2.51. The largest absolute Gasteiger partial charge is 0.494 e. The molecule has 0 amide bonds. The molecule has 0 N–H and O–H groups in total. The van der Waals surface area contributed by atoms with E-state index in [1.54, 1.807) is 0 Å². The third-order valence-electron chi connectivity index (χ3n) is 8.24. The maximum absolute atomic E-state index is 6.27. The van der Waals surface area contributed by atoms with Gasteiger partial charge in [-0.2, -0.15) is 0 Å².